The molecule has 0 spiro atoms. The summed E-state index contributed by atoms with van der Waals surface area (Å²) in [6.07, 6.45) is 12.6. The van der Waals surface area contributed by atoms with E-state index in [-0.39, 0.29) is 6.61 Å². The summed E-state index contributed by atoms with van der Waals surface area (Å²) in [4.78, 5) is 11.2. The Labute approximate surface area is 117 Å². The number of esters is 1. The van der Waals surface area contributed by atoms with E-state index >= 15 is 0 Å². The third kappa shape index (κ3) is 12.2. The van der Waals surface area contributed by atoms with Crippen molar-refractivity contribution in [3.63, 3.8) is 0 Å². The average molecular weight is 274 g/mol. The third-order valence-electron chi connectivity index (χ3n) is 3.30. The van der Waals surface area contributed by atoms with E-state index in [1.807, 2.05) is 0 Å². The summed E-state index contributed by atoms with van der Waals surface area (Å²) in [5, 5.41) is 8.72. The first-order chi connectivity index (χ1) is 9.22. The minimum absolute atomic E-state index is 0.239. The van der Waals surface area contributed by atoms with Crippen LogP contribution in [0.4, 0.5) is 0 Å². The smallest absolute Gasteiger partial charge is 0.367 e. The number of unbranched alkanes of at least 4 members (excludes halogenated alkanes) is 9. The van der Waals surface area contributed by atoms with Crippen molar-refractivity contribution < 1.29 is 20.4 Å². The highest BCUT2D eigenvalue weighted by Crippen LogP contribution is 2.10. The first-order valence-corrected chi connectivity index (χ1v) is 7.83. The molecule has 0 saturated heterocycles. The molecule has 4 nitrogen and oxygen atoms in total. The molecule has 0 aliphatic rings. The molecule has 0 radical (unpaired) electrons. The minimum Gasteiger partial charge on any atom is -0.461 e. The first kappa shape index (κ1) is 18.4. The molecule has 0 rings (SSSR count). The monoisotopic (exact) mass is 274 g/mol. The van der Waals surface area contributed by atoms with Crippen LogP contribution in [0.25, 0.3) is 0 Å². The fourth-order valence-corrected chi connectivity index (χ4v) is 1.95. The van der Waals surface area contributed by atoms with Crippen LogP contribution in [-0.4, -0.2) is 30.3 Å². The second kappa shape index (κ2) is 13.8. The molecule has 0 heterocycles. The third-order valence-corrected chi connectivity index (χ3v) is 3.30. The van der Waals surface area contributed by atoms with Crippen LogP contribution >= 0.6 is 0 Å². The molecule has 19 heavy (non-hydrogen) atoms. The maximum absolute atomic E-state index is 11.2. The van der Waals surface area contributed by atoms with E-state index in [1.54, 1.807) is 0 Å². The van der Waals surface area contributed by atoms with E-state index in [0.717, 1.165) is 12.8 Å². The van der Waals surface area contributed by atoms with Gasteiger partial charge in [-0.05, 0) is 6.42 Å². The van der Waals surface area contributed by atoms with Gasteiger partial charge in [0.2, 0.25) is 6.04 Å². The van der Waals surface area contributed by atoms with E-state index < -0.39 is 12.0 Å². The molecule has 114 valence electrons. The van der Waals surface area contributed by atoms with Crippen LogP contribution in [0.2, 0.25) is 0 Å². The molecule has 0 bridgehead atoms. The first-order valence-electron chi connectivity index (χ1n) is 7.83. The van der Waals surface area contributed by atoms with Crippen LogP contribution in [0, 0.1) is 0 Å². The summed E-state index contributed by atoms with van der Waals surface area (Å²) in [6.45, 7) is 2.46. The zero-order valence-corrected chi connectivity index (χ0v) is 12.5. The van der Waals surface area contributed by atoms with Gasteiger partial charge in [-0.15, -0.1) is 0 Å². The standard InChI is InChI=1S/C15H31NO3/c1-2-3-4-5-6-7-8-9-10-11-12-19-15(18)14(16)13-17/h14,17H,2-13,16H2,1H3/p+1. The molecular weight excluding hydrogens is 242 g/mol. The quantitative estimate of drug-likeness (QED) is 0.399. The van der Waals surface area contributed by atoms with E-state index in [0.29, 0.717) is 6.61 Å². The van der Waals surface area contributed by atoms with Gasteiger partial charge in [-0.3, -0.25) is 0 Å². The van der Waals surface area contributed by atoms with Crippen molar-refractivity contribution in [2.24, 2.45) is 0 Å². The Hall–Kier alpha value is -0.610. The SMILES string of the molecule is CCCCCCCCCCCCOC(=O)C([NH3+])CO. The molecule has 0 amide bonds. The second-order valence-corrected chi connectivity index (χ2v) is 5.23. The average Bonchev–Trinajstić information content (AvgIpc) is 2.43. The molecule has 0 aromatic rings. The Kier molecular flexibility index (Phi) is 13.4. The van der Waals surface area contributed by atoms with Gasteiger partial charge in [0.1, 0.15) is 6.61 Å². The highest BCUT2D eigenvalue weighted by atomic mass is 16.5. The molecule has 0 saturated carbocycles. The molecule has 0 aromatic heterocycles. The van der Waals surface area contributed by atoms with Crippen molar-refractivity contribution in [1.82, 2.24) is 0 Å². The van der Waals surface area contributed by atoms with Gasteiger partial charge in [0.25, 0.3) is 0 Å². The normalized spacial score (nSPS) is 12.4. The number of carbonyl (C=O) groups excluding carboxylic acids is 1. The van der Waals surface area contributed by atoms with Crippen LogP contribution in [0.1, 0.15) is 71.1 Å². The molecular formula is C15H32NO3+. The summed E-state index contributed by atoms with van der Waals surface area (Å²) in [6, 6.07) is -0.636. The van der Waals surface area contributed by atoms with Crippen molar-refractivity contribution in [2.75, 3.05) is 13.2 Å². The van der Waals surface area contributed by atoms with Crippen molar-refractivity contribution in [2.45, 2.75) is 77.2 Å². The maximum Gasteiger partial charge on any atom is 0.367 e. The molecule has 4 heteroatoms. The maximum atomic E-state index is 11.2. The van der Waals surface area contributed by atoms with E-state index in [4.69, 9.17) is 9.84 Å². The summed E-state index contributed by atoms with van der Waals surface area (Å²) in [7, 11) is 0. The highest BCUT2D eigenvalue weighted by Gasteiger charge is 2.16. The lowest BCUT2D eigenvalue weighted by Gasteiger charge is -2.06. The summed E-state index contributed by atoms with van der Waals surface area (Å²) in [5.74, 6) is -0.390. The van der Waals surface area contributed by atoms with Crippen LogP contribution < -0.4 is 5.73 Å². The lowest BCUT2D eigenvalue weighted by atomic mass is 10.1. The number of quaternary nitrogens is 1. The van der Waals surface area contributed by atoms with Gasteiger partial charge in [0.05, 0.1) is 6.61 Å². The van der Waals surface area contributed by atoms with Crippen molar-refractivity contribution >= 4 is 5.97 Å². The Bertz CT molecular complexity index is 210. The fraction of sp³-hybridized carbons (Fsp3) is 0.933. The fourth-order valence-electron chi connectivity index (χ4n) is 1.95. The lowest BCUT2D eigenvalue weighted by Crippen LogP contribution is -2.67. The number of ether oxygens (including phenoxy) is 1. The predicted octanol–water partition coefficient (Wildman–Crippen LogP) is 2.05. The Balaban J connectivity index is 3.13. The number of rotatable bonds is 13. The van der Waals surface area contributed by atoms with Crippen molar-refractivity contribution in [3.05, 3.63) is 0 Å². The zero-order chi connectivity index (χ0) is 14.3. The van der Waals surface area contributed by atoms with Crippen molar-refractivity contribution in [1.29, 1.82) is 0 Å². The van der Waals surface area contributed by atoms with E-state index in [9.17, 15) is 4.79 Å². The molecule has 4 N–H and O–H groups in total. The molecule has 0 aliphatic heterocycles. The van der Waals surface area contributed by atoms with Gasteiger partial charge >= 0.3 is 5.97 Å². The molecule has 1 atom stereocenters. The van der Waals surface area contributed by atoms with Gasteiger partial charge in [-0.2, -0.15) is 0 Å². The lowest BCUT2D eigenvalue weighted by molar-refractivity contribution is -0.413. The number of hydrogen-bond acceptors (Lipinski definition) is 3. The van der Waals surface area contributed by atoms with Gasteiger partial charge in [0.15, 0.2) is 0 Å². The number of hydrogen-bond donors (Lipinski definition) is 2. The molecule has 0 aromatic carbocycles. The largest absolute Gasteiger partial charge is 0.461 e. The predicted molar refractivity (Wildman–Crippen MR) is 76.6 cm³/mol. The van der Waals surface area contributed by atoms with Crippen molar-refractivity contribution in [3.8, 4) is 0 Å². The number of aliphatic hydroxyl groups is 1. The van der Waals surface area contributed by atoms with Gasteiger partial charge in [-0.1, -0.05) is 64.7 Å². The van der Waals surface area contributed by atoms with E-state index in [1.165, 1.54) is 51.4 Å². The summed E-state index contributed by atoms with van der Waals surface area (Å²) in [5.41, 5.74) is 3.50. The van der Waals surface area contributed by atoms with Crippen LogP contribution in [0.15, 0.2) is 0 Å². The zero-order valence-electron chi connectivity index (χ0n) is 12.5. The van der Waals surface area contributed by atoms with Gasteiger partial charge in [-0.25, -0.2) is 4.79 Å². The highest BCUT2D eigenvalue weighted by molar-refractivity contribution is 5.73. The minimum atomic E-state index is -0.636. The summed E-state index contributed by atoms with van der Waals surface area (Å²) < 4.78 is 5.01. The second-order valence-electron chi connectivity index (χ2n) is 5.23. The van der Waals surface area contributed by atoms with Crippen LogP contribution in [0.3, 0.4) is 0 Å². The Morgan fingerprint density at radius 2 is 1.47 bits per heavy atom. The van der Waals surface area contributed by atoms with Gasteiger partial charge < -0.3 is 15.6 Å². The summed E-state index contributed by atoms with van der Waals surface area (Å²) >= 11 is 0. The Morgan fingerprint density at radius 1 is 1.00 bits per heavy atom. The van der Waals surface area contributed by atoms with Crippen LogP contribution in [-0.2, 0) is 9.53 Å². The Morgan fingerprint density at radius 3 is 1.95 bits per heavy atom. The molecule has 0 fully saturated rings. The van der Waals surface area contributed by atoms with E-state index in [2.05, 4.69) is 12.7 Å². The number of carbonyl (C=O) groups is 1. The number of aliphatic hydroxyl groups excluding tert-OH is 1. The molecule has 0 aliphatic carbocycles. The van der Waals surface area contributed by atoms with Gasteiger partial charge in [0, 0.05) is 0 Å². The molecule has 1 unspecified atom stereocenters. The topological polar surface area (TPSA) is 74.2 Å². The van der Waals surface area contributed by atoms with Crippen LogP contribution in [0.5, 0.6) is 0 Å².